The lowest BCUT2D eigenvalue weighted by Gasteiger charge is -2.11. The fourth-order valence-electron chi connectivity index (χ4n) is 2.92. The smallest absolute Gasteiger partial charge is 0.256 e. The molecule has 0 aliphatic carbocycles. The summed E-state index contributed by atoms with van der Waals surface area (Å²) in [6.07, 6.45) is 3.40. The first-order valence-electron chi connectivity index (χ1n) is 9.60. The lowest BCUT2D eigenvalue weighted by molar-refractivity contribution is 0.0957. The zero-order chi connectivity index (χ0) is 21.3. The lowest BCUT2D eigenvalue weighted by Crippen LogP contribution is -2.19. The van der Waals surface area contributed by atoms with Crippen LogP contribution in [0.1, 0.15) is 21.6 Å². The Hall–Kier alpha value is -3.45. The number of methoxy groups -OCH3 is 1. The largest absolute Gasteiger partial charge is 0.491 e. The van der Waals surface area contributed by atoms with E-state index in [4.69, 9.17) is 14.2 Å². The number of amides is 1. The molecule has 0 bridgehead atoms. The molecule has 3 rings (SSSR count). The summed E-state index contributed by atoms with van der Waals surface area (Å²) in [5.74, 6) is 0.850. The van der Waals surface area contributed by atoms with E-state index in [1.165, 1.54) is 0 Å². The predicted molar refractivity (Wildman–Crippen MR) is 114 cm³/mol. The van der Waals surface area contributed by atoms with E-state index in [1.807, 2.05) is 43.5 Å². The van der Waals surface area contributed by atoms with Crippen LogP contribution in [0, 0.1) is 6.92 Å². The lowest BCUT2D eigenvalue weighted by atomic mass is 10.0. The summed E-state index contributed by atoms with van der Waals surface area (Å²) in [5.41, 5.74) is 4.31. The van der Waals surface area contributed by atoms with E-state index in [-0.39, 0.29) is 18.4 Å². The molecule has 2 aromatic heterocycles. The number of benzene rings is 1. The molecule has 0 unspecified atom stereocenters. The topological polar surface area (TPSA) is 82.6 Å². The number of rotatable bonds is 9. The summed E-state index contributed by atoms with van der Waals surface area (Å²) in [4.78, 5) is 20.5. The second kappa shape index (κ2) is 10.4. The van der Waals surface area contributed by atoms with Crippen molar-refractivity contribution in [3.63, 3.8) is 0 Å². The molecule has 2 heterocycles. The molecule has 0 saturated carbocycles. The molecule has 0 fully saturated rings. The van der Waals surface area contributed by atoms with E-state index in [2.05, 4.69) is 15.3 Å². The average molecular weight is 407 g/mol. The molecule has 30 heavy (non-hydrogen) atoms. The molecule has 0 saturated heterocycles. The highest BCUT2D eigenvalue weighted by Crippen LogP contribution is 2.27. The van der Waals surface area contributed by atoms with E-state index in [0.717, 1.165) is 28.1 Å². The zero-order valence-electron chi connectivity index (χ0n) is 17.3. The molecule has 0 atom stereocenters. The van der Waals surface area contributed by atoms with Gasteiger partial charge in [-0.3, -0.25) is 9.78 Å². The maximum absolute atomic E-state index is 11.9. The van der Waals surface area contributed by atoms with Gasteiger partial charge in [0.05, 0.1) is 12.3 Å². The summed E-state index contributed by atoms with van der Waals surface area (Å²) in [6, 6.07) is 13.2. The molecule has 7 heteroatoms. The molecule has 156 valence electrons. The number of carbonyl (C=O) groups excluding carboxylic acids is 1. The summed E-state index contributed by atoms with van der Waals surface area (Å²) < 4.78 is 16.4. The SMILES string of the molecule is CNC(=O)c1cccnc1OCc1ccc(-c2ccc(OCCOC)cc2C)cn1. The van der Waals surface area contributed by atoms with Crippen molar-refractivity contribution in [3.05, 3.63) is 71.7 Å². The Morgan fingerprint density at radius 3 is 2.63 bits per heavy atom. The van der Waals surface area contributed by atoms with Crippen LogP contribution >= 0.6 is 0 Å². The first kappa shape index (κ1) is 21.3. The van der Waals surface area contributed by atoms with E-state index < -0.39 is 0 Å². The van der Waals surface area contributed by atoms with Crippen LogP contribution in [-0.4, -0.2) is 43.2 Å². The number of nitrogens with one attached hydrogen (secondary N) is 1. The van der Waals surface area contributed by atoms with Gasteiger partial charge in [0, 0.05) is 32.1 Å². The van der Waals surface area contributed by atoms with Crippen LogP contribution in [-0.2, 0) is 11.3 Å². The third kappa shape index (κ3) is 5.33. The second-order valence-electron chi connectivity index (χ2n) is 6.58. The standard InChI is InChI=1S/C23H25N3O4/c1-16-13-19(29-12-11-28-3)8-9-20(16)17-6-7-18(26-14-17)15-30-23-21(22(27)24-2)5-4-10-25-23/h4-10,13-14H,11-12,15H2,1-3H3,(H,24,27). The van der Waals surface area contributed by atoms with Gasteiger partial charge in [0.1, 0.15) is 24.5 Å². The number of hydrogen-bond donors (Lipinski definition) is 1. The molecule has 0 aliphatic heterocycles. The van der Waals surface area contributed by atoms with Gasteiger partial charge < -0.3 is 19.5 Å². The Balaban J connectivity index is 1.67. The molecule has 1 aromatic carbocycles. The summed E-state index contributed by atoms with van der Waals surface area (Å²) in [7, 11) is 3.22. The molecule has 0 spiro atoms. The Morgan fingerprint density at radius 1 is 1.07 bits per heavy atom. The van der Waals surface area contributed by atoms with Crippen LogP contribution in [0.4, 0.5) is 0 Å². The number of aryl methyl sites for hydroxylation is 1. The second-order valence-corrected chi connectivity index (χ2v) is 6.58. The number of hydrogen-bond acceptors (Lipinski definition) is 6. The van der Waals surface area contributed by atoms with E-state index in [0.29, 0.717) is 18.8 Å². The monoisotopic (exact) mass is 407 g/mol. The minimum absolute atomic E-state index is 0.215. The van der Waals surface area contributed by atoms with Gasteiger partial charge in [0.2, 0.25) is 5.88 Å². The molecular formula is C23H25N3O4. The molecule has 1 amide bonds. The van der Waals surface area contributed by atoms with Gasteiger partial charge in [0.25, 0.3) is 5.91 Å². The van der Waals surface area contributed by atoms with Crippen LogP contribution in [0.5, 0.6) is 11.6 Å². The number of pyridine rings is 2. The number of aromatic nitrogens is 2. The minimum atomic E-state index is -0.244. The van der Waals surface area contributed by atoms with Gasteiger partial charge in [-0.1, -0.05) is 12.1 Å². The van der Waals surface area contributed by atoms with Crippen LogP contribution < -0.4 is 14.8 Å². The van der Waals surface area contributed by atoms with E-state index in [9.17, 15) is 4.79 Å². The maximum Gasteiger partial charge on any atom is 0.256 e. The maximum atomic E-state index is 11.9. The minimum Gasteiger partial charge on any atom is -0.491 e. The predicted octanol–water partition coefficient (Wildman–Crippen LogP) is 3.42. The van der Waals surface area contributed by atoms with Crippen molar-refractivity contribution in [2.24, 2.45) is 0 Å². The Kier molecular flexibility index (Phi) is 7.34. The van der Waals surface area contributed by atoms with Gasteiger partial charge in [-0.15, -0.1) is 0 Å². The molecule has 0 radical (unpaired) electrons. The van der Waals surface area contributed by atoms with Gasteiger partial charge in [-0.2, -0.15) is 0 Å². The van der Waals surface area contributed by atoms with Crippen molar-refractivity contribution in [3.8, 4) is 22.8 Å². The summed E-state index contributed by atoms with van der Waals surface area (Å²) >= 11 is 0. The third-order valence-electron chi connectivity index (χ3n) is 4.49. The van der Waals surface area contributed by atoms with Gasteiger partial charge in [0.15, 0.2) is 0 Å². The van der Waals surface area contributed by atoms with Crippen LogP contribution in [0.15, 0.2) is 54.9 Å². The highest BCUT2D eigenvalue weighted by atomic mass is 16.5. The normalized spacial score (nSPS) is 10.5. The first-order valence-corrected chi connectivity index (χ1v) is 9.60. The van der Waals surface area contributed by atoms with Gasteiger partial charge in [-0.25, -0.2) is 4.98 Å². The Labute approximate surface area is 176 Å². The zero-order valence-corrected chi connectivity index (χ0v) is 17.3. The van der Waals surface area contributed by atoms with Gasteiger partial charge in [-0.05, 0) is 48.4 Å². The highest BCUT2D eigenvalue weighted by molar-refractivity contribution is 5.96. The Bertz CT molecular complexity index is 990. The number of nitrogens with zero attached hydrogens (tertiary/aromatic N) is 2. The van der Waals surface area contributed by atoms with Crippen molar-refractivity contribution in [1.29, 1.82) is 0 Å². The van der Waals surface area contributed by atoms with Gasteiger partial charge >= 0.3 is 0 Å². The van der Waals surface area contributed by atoms with Crippen LogP contribution in [0.3, 0.4) is 0 Å². The highest BCUT2D eigenvalue weighted by Gasteiger charge is 2.12. The Morgan fingerprint density at radius 2 is 1.93 bits per heavy atom. The number of ether oxygens (including phenoxy) is 3. The molecule has 7 nitrogen and oxygen atoms in total. The van der Waals surface area contributed by atoms with Crippen LogP contribution in [0.2, 0.25) is 0 Å². The van der Waals surface area contributed by atoms with Crippen molar-refractivity contribution in [2.45, 2.75) is 13.5 Å². The summed E-state index contributed by atoms with van der Waals surface area (Å²) in [5, 5.41) is 2.58. The fourth-order valence-corrected chi connectivity index (χ4v) is 2.92. The summed E-state index contributed by atoms with van der Waals surface area (Å²) in [6.45, 7) is 3.32. The number of carbonyl (C=O) groups is 1. The molecule has 1 N–H and O–H groups in total. The van der Waals surface area contributed by atoms with Crippen molar-refractivity contribution >= 4 is 5.91 Å². The van der Waals surface area contributed by atoms with Crippen molar-refractivity contribution < 1.29 is 19.0 Å². The third-order valence-corrected chi connectivity index (χ3v) is 4.49. The van der Waals surface area contributed by atoms with Crippen molar-refractivity contribution in [2.75, 3.05) is 27.4 Å². The first-order chi connectivity index (χ1) is 14.6. The van der Waals surface area contributed by atoms with Crippen LogP contribution in [0.25, 0.3) is 11.1 Å². The van der Waals surface area contributed by atoms with Crippen molar-refractivity contribution in [1.82, 2.24) is 15.3 Å². The van der Waals surface area contributed by atoms with E-state index >= 15 is 0 Å². The molecule has 0 aliphatic rings. The average Bonchev–Trinajstić information content (AvgIpc) is 2.78. The van der Waals surface area contributed by atoms with E-state index in [1.54, 1.807) is 32.5 Å². The fraction of sp³-hybridized carbons (Fsp3) is 0.261. The quantitative estimate of drug-likeness (QED) is 0.548. The molecule has 3 aromatic rings. The molecular weight excluding hydrogens is 382 g/mol.